The van der Waals surface area contributed by atoms with Gasteiger partial charge in [0.2, 0.25) is 0 Å². The maximum absolute atomic E-state index is 8.57. The van der Waals surface area contributed by atoms with Gasteiger partial charge in [-0.3, -0.25) is 0 Å². The van der Waals surface area contributed by atoms with Crippen LogP contribution in [-0.2, 0) is 11.3 Å². The van der Waals surface area contributed by atoms with Crippen molar-refractivity contribution < 1.29 is 9.84 Å². The molecule has 13 heavy (non-hydrogen) atoms. The largest absolute Gasteiger partial charge is 0.396 e. The fourth-order valence-electron chi connectivity index (χ4n) is 0.946. The van der Waals surface area contributed by atoms with Crippen molar-refractivity contribution in [1.82, 2.24) is 0 Å². The van der Waals surface area contributed by atoms with Crippen molar-refractivity contribution in [3.63, 3.8) is 0 Å². The van der Waals surface area contributed by atoms with E-state index in [9.17, 15) is 0 Å². The van der Waals surface area contributed by atoms with Gasteiger partial charge in [0.1, 0.15) is 5.56 Å². The normalized spacial score (nSPS) is 12.8. The van der Waals surface area contributed by atoms with Crippen molar-refractivity contribution in [3.8, 4) is 0 Å². The first kappa shape index (κ1) is 10.5. The van der Waals surface area contributed by atoms with Gasteiger partial charge >= 0.3 is 0 Å². The van der Waals surface area contributed by atoms with Gasteiger partial charge in [0, 0.05) is 13.0 Å². The van der Waals surface area contributed by atoms with Gasteiger partial charge in [-0.15, -0.1) is 0 Å². The molecule has 0 amide bonds. The van der Waals surface area contributed by atoms with Gasteiger partial charge in [0.05, 0.1) is 6.61 Å². The van der Waals surface area contributed by atoms with Crippen LogP contribution in [0.3, 0.4) is 0 Å². The molecule has 0 bridgehead atoms. The van der Waals surface area contributed by atoms with Crippen molar-refractivity contribution in [3.05, 3.63) is 35.9 Å². The Morgan fingerprint density at radius 1 is 1.31 bits per heavy atom. The van der Waals surface area contributed by atoms with Crippen LogP contribution in [0, 0.1) is 0 Å². The lowest BCUT2D eigenvalue weighted by atomic mass is 10.2. The summed E-state index contributed by atoms with van der Waals surface area (Å²) >= 11 is 5.75. The molecule has 0 saturated carbocycles. The number of benzene rings is 1. The minimum absolute atomic E-state index is 0.0585. The van der Waals surface area contributed by atoms with E-state index in [1.165, 1.54) is 0 Å². The molecule has 1 N–H and O–H groups in total. The molecule has 0 spiro atoms. The maximum Gasteiger partial charge on any atom is 0.133 e. The summed E-state index contributed by atoms with van der Waals surface area (Å²) < 4.78 is 5.27. The molecule has 0 saturated heterocycles. The first-order valence-corrected chi connectivity index (χ1v) is 4.67. The Bertz CT molecular complexity index is 226. The van der Waals surface area contributed by atoms with E-state index >= 15 is 0 Å². The lowest BCUT2D eigenvalue weighted by Crippen LogP contribution is -2.06. The summed E-state index contributed by atoms with van der Waals surface area (Å²) in [6.07, 6.45) is 0.467. The maximum atomic E-state index is 8.57. The van der Waals surface area contributed by atoms with Crippen LogP contribution in [0.25, 0.3) is 0 Å². The lowest BCUT2D eigenvalue weighted by molar-refractivity contribution is 0.0756. The molecule has 0 aliphatic heterocycles. The molecule has 0 aromatic heterocycles. The highest BCUT2D eigenvalue weighted by atomic mass is 35.5. The summed E-state index contributed by atoms with van der Waals surface area (Å²) in [6.45, 7) is 0.554. The summed E-state index contributed by atoms with van der Waals surface area (Å²) in [5.41, 5.74) is 0.691. The number of hydrogen-bond donors (Lipinski definition) is 1. The molecule has 2 nitrogen and oxygen atoms in total. The van der Waals surface area contributed by atoms with E-state index in [1.807, 2.05) is 30.3 Å². The molecule has 1 atom stereocenters. The molecule has 72 valence electrons. The first-order valence-electron chi connectivity index (χ1n) is 4.23. The fraction of sp³-hybridized carbons (Fsp3) is 0.400. The number of halogens is 1. The summed E-state index contributed by atoms with van der Waals surface area (Å²) in [4.78, 5) is 0. The predicted octanol–water partition coefficient (Wildman–Crippen LogP) is 2.15. The Morgan fingerprint density at radius 3 is 2.62 bits per heavy atom. The molecule has 1 aromatic rings. The van der Waals surface area contributed by atoms with Gasteiger partial charge in [-0.1, -0.05) is 41.9 Å². The van der Waals surface area contributed by atoms with Crippen LogP contribution in [-0.4, -0.2) is 17.3 Å². The van der Waals surface area contributed by atoms with E-state index in [-0.39, 0.29) is 6.61 Å². The average Bonchev–Trinajstić information content (AvgIpc) is 2.17. The van der Waals surface area contributed by atoms with E-state index in [0.29, 0.717) is 13.0 Å². The van der Waals surface area contributed by atoms with Gasteiger partial charge in [-0.25, -0.2) is 0 Å². The Labute approximate surface area is 83.1 Å². The minimum Gasteiger partial charge on any atom is -0.396 e. The average molecular weight is 201 g/mol. The number of aliphatic hydroxyl groups excluding tert-OH is 1. The first-order chi connectivity index (χ1) is 6.33. The Balaban J connectivity index is 2.27. The van der Waals surface area contributed by atoms with Gasteiger partial charge in [-0.05, 0) is 5.56 Å². The van der Waals surface area contributed by atoms with Crippen molar-refractivity contribution in [2.24, 2.45) is 0 Å². The quantitative estimate of drug-likeness (QED) is 0.739. The second-order valence-corrected chi connectivity index (χ2v) is 3.21. The molecule has 3 heteroatoms. The highest BCUT2D eigenvalue weighted by molar-refractivity contribution is 6.19. The third-order valence-corrected chi connectivity index (χ3v) is 1.97. The second-order valence-electron chi connectivity index (χ2n) is 2.72. The SMILES string of the molecule is OCCC(Cl)OCc1ccccc1. The van der Waals surface area contributed by atoms with Crippen LogP contribution in [0.5, 0.6) is 0 Å². The Kier molecular flexibility index (Phi) is 4.83. The minimum atomic E-state index is -0.398. The summed E-state index contributed by atoms with van der Waals surface area (Å²) in [5, 5.41) is 8.57. The van der Waals surface area contributed by atoms with Gasteiger partial charge in [-0.2, -0.15) is 0 Å². The van der Waals surface area contributed by atoms with Crippen LogP contribution in [0.4, 0.5) is 0 Å². The molecule has 1 unspecified atom stereocenters. The molecule has 1 rings (SSSR count). The Morgan fingerprint density at radius 2 is 2.00 bits per heavy atom. The van der Waals surface area contributed by atoms with Crippen LogP contribution < -0.4 is 0 Å². The highest BCUT2D eigenvalue weighted by Gasteiger charge is 2.02. The third-order valence-electron chi connectivity index (χ3n) is 1.63. The van der Waals surface area contributed by atoms with Gasteiger partial charge in [0.15, 0.2) is 0 Å². The third kappa shape index (κ3) is 4.27. The molecule has 0 fully saturated rings. The van der Waals surface area contributed by atoms with E-state index in [4.69, 9.17) is 21.4 Å². The van der Waals surface area contributed by atoms with E-state index < -0.39 is 5.56 Å². The summed E-state index contributed by atoms with van der Waals surface area (Å²) in [5.74, 6) is 0. The van der Waals surface area contributed by atoms with Gasteiger partial charge in [0.25, 0.3) is 0 Å². The number of hydrogen-bond acceptors (Lipinski definition) is 2. The summed E-state index contributed by atoms with van der Waals surface area (Å²) in [6, 6.07) is 9.81. The zero-order valence-electron chi connectivity index (χ0n) is 7.32. The number of aliphatic hydroxyl groups is 1. The van der Waals surface area contributed by atoms with Crippen molar-refractivity contribution in [1.29, 1.82) is 0 Å². The van der Waals surface area contributed by atoms with Crippen molar-refractivity contribution >= 4 is 11.6 Å². The molecular weight excluding hydrogens is 188 g/mol. The lowest BCUT2D eigenvalue weighted by Gasteiger charge is -2.08. The summed E-state index contributed by atoms with van der Waals surface area (Å²) in [7, 11) is 0. The molecule has 1 aromatic carbocycles. The molecule has 0 radical (unpaired) electrons. The number of ether oxygens (including phenoxy) is 1. The topological polar surface area (TPSA) is 29.5 Å². The molecular formula is C10H13ClO2. The highest BCUT2D eigenvalue weighted by Crippen LogP contribution is 2.08. The predicted molar refractivity (Wildman–Crippen MR) is 52.6 cm³/mol. The number of rotatable bonds is 5. The standard InChI is InChI=1S/C10H13ClO2/c11-10(6-7-12)13-8-9-4-2-1-3-5-9/h1-5,10,12H,6-8H2. The Hall–Kier alpha value is -0.570. The van der Waals surface area contributed by atoms with E-state index in [1.54, 1.807) is 0 Å². The van der Waals surface area contributed by atoms with Crippen molar-refractivity contribution in [2.75, 3.05) is 6.61 Å². The number of alkyl halides is 1. The zero-order chi connectivity index (χ0) is 9.52. The molecule has 0 aliphatic rings. The zero-order valence-corrected chi connectivity index (χ0v) is 8.07. The molecule has 0 heterocycles. The van der Waals surface area contributed by atoms with Crippen LogP contribution in [0.2, 0.25) is 0 Å². The van der Waals surface area contributed by atoms with E-state index in [0.717, 1.165) is 5.56 Å². The van der Waals surface area contributed by atoms with Gasteiger partial charge < -0.3 is 9.84 Å². The fourth-order valence-corrected chi connectivity index (χ4v) is 1.11. The smallest absolute Gasteiger partial charge is 0.133 e. The van der Waals surface area contributed by atoms with Crippen LogP contribution >= 0.6 is 11.6 Å². The second kappa shape index (κ2) is 5.97. The van der Waals surface area contributed by atoms with Crippen molar-refractivity contribution in [2.45, 2.75) is 18.6 Å². The molecule has 0 aliphatic carbocycles. The van der Waals surface area contributed by atoms with E-state index in [2.05, 4.69) is 0 Å². The monoisotopic (exact) mass is 200 g/mol. The van der Waals surface area contributed by atoms with Crippen LogP contribution in [0.15, 0.2) is 30.3 Å². The van der Waals surface area contributed by atoms with Crippen LogP contribution in [0.1, 0.15) is 12.0 Å².